The molecule has 1 aliphatic heterocycles. The molecule has 1 aromatic heterocycles. The highest BCUT2D eigenvalue weighted by Crippen LogP contribution is 2.19. The van der Waals surface area contributed by atoms with E-state index >= 15 is 0 Å². The minimum absolute atomic E-state index is 0.0843. The van der Waals surface area contributed by atoms with Crippen LogP contribution in [-0.4, -0.2) is 30.0 Å². The number of hydrogen-bond donors (Lipinski definition) is 3. The fraction of sp³-hybridized carbons (Fsp3) is 0.308. The summed E-state index contributed by atoms with van der Waals surface area (Å²) >= 11 is 0. The summed E-state index contributed by atoms with van der Waals surface area (Å²) in [5.41, 5.74) is 2.41. The van der Waals surface area contributed by atoms with Crippen LogP contribution in [-0.2, 0) is 11.2 Å². The van der Waals surface area contributed by atoms with Gasteiger partial charge in [-0.2, -0.15) is 0 Å². The first-order chi connectivity index (χ1) is 8.33. The average Bonchev–Trinajstić information content (AvgIpc) is 2.73. The molecule has 4 nitrogen and oxygen atoms in total. The topological polar surface area (TPSA) is 56.9 Å². The van der Waals surface area contributed by atoms with E-state index in [-0.39, 0.29) is 11.9 Å². The fourth-order valence-electron chi connectivity index (χ4n) is 2.38. The van der Waals surface area contributed by atoms with Crippen molar-refractivity contribution in [1.29, 1.82) is 0 Å². The zero-order valence-electron chi connectivity index (χ0n) is 9.49. The van der Waals surface area contributed by atoms with Crippen molar-refractivity contribution in [2.24, 2.45) is 0 Å². The first-order valence-corrected chi connectivity index (χ1v) is 5.88. The first-order valence-electron chi connectivity index (χ1n) is 5.88. The van der Waals surface area contributed by atoms with Gasteiger partial charge in [0.25, 0.3) is 0 Å². The van der Waals surface area contributed by atoms with Crippen LogP contribution >= 0.6 is 0 Å². The average molecular weight is 229 g/mol. The minimum Gasteiger partial charge on any atom is -0.361 e. The molecule has 0 radical (unpaired) electrons. The van der Waals surface area contributed by atoms with Crippen molar-refractivity contribution in [3.63, 3.8) is 0 Å². The number of fused-ring (bicyclic) bond motifs is 1. The third-order valence-electron chi connectivity index (χ3n) is 3.18. The number of aromatic amines is 1. The molecule has 2 aromatic rings. The Morgan fingerprint density at radius 3 is 3.06 bits per heavy atom. The second-order valence-electron chi connectivity index (χ2n) is 4.46. The van der Waals surface area contributed by atoms with Gasteiger partial charge in [0, 0.05) is 29.7 Å². The number of aromatic nitrogens is 1. The lowest BCUT2D eigenvalue weighted by Gasteiger charge is -2.23. The van der Waals surface area contributed by atoms with Crippen molar-refractivity contribution < 1.29 is 4.79 Å². The number of H-pyrrole nitrogens is 1. The van der Waals surface area contributed by atoms with Crippen LogP contribution in [0.25, 0.3) is 10.9 Å². The van der Waals surface area contributed by atoms with Crippen LogP contribution in [0, 0.1) is 0 Å². The normalized spacial score (nSPS) is 20.5. The van der Waals surface area contributed by atoms with Crippen LogP contribution in [0.2, 0.25) is 0 Å². The Kier molecular flexibility index (Phi) is 2.57. The number of piperazine rings is 1. The molecule has 4 heteroatoms. The molecule has 1 amide bonds. The first kappa shape index (κ1) is 10.4. The molecule has 0 aliphatic carbocycles. The minimum atomic E-state index is 0.0843. The SMILES string of the molecule is O=C1CNCC(Cc2c[nH]c3ccccc23)N1. The number of amides is 1. The third-order valence-corrected chi connectivity index (χ3v) is 3.18. The molecule has 1 unspecified atom stereocenters. The molecule has 2 heterocycles. The zero-order chi connectivity index (χ0) is 11.7. The van der Waals surface area contributed by atoms with E-state index in [0.29, 0.717) is 6.54 Å². The molecular weight excluding hydrogens is 214 g/mol. The Hall–Kier alpha value is -1.81. The van der Waals surface area contributed by atoms with Gasteiger partial charge in [0.2, 0.25) is 5.91 Å². The highest BCUT2D eigenvalue weighted by molar-refractivity contribution is 5.83. The number of para-hydroxylation sites is 1. The van der Waals surface area contributed by atoms with E-state index in [2.05, 4.69) is 27.8 Å². The second-order valence-corrected chi connectivity index (χ2v) is 4.46. The van der Waals surface area contributed by atoms with Crippen molar-refractivity contribution in [2.45, 2.75) is 12.5 Å². The van der Waals surface area contributed by atoms with E-state index in [1.165, 1.54) is 10.9 Å². The number of benzene rings is 1. The number of hydrogen-bond acceptors (Lipinski definition) is 2. The van der Waals surface area contributed by atoms with Gasteiger partial charge in [0.05, 0.1) is 6.54 Å². The summed E-state index contributed by atoms with van der Waals surface area (Å²) in [6.07, 6.45) is 2.90. The number of nitrogens with one attached hydrogen (secondary N) is 3. The van der Waals surface area contributed by atoms with Gasteiger partial charge in [-0.25, -0.2) is 0 Å². The standard InChI is InChI=1S/C13H15N3O/c17-13-8-14-7-10(16-13)5-9-6-15-12-4-2-1-3-11(9)12/h1-4,6,10,14-15H,5,7-8H2,(H,16,17). The third kappa shape index (κ3) is 2.03. The second kappa shape index (κ2) is 4.22. The van der Waals surface area contributed by atoms with E-state index in [4.69, 9.17) is 0 Å². The molecule has 1 saturated heterocycles. The molecular formula is C13H15N3O. The zero-order valence-corrected chi connectivity index (χ0v) is 9.49. The summed E-state index contributed by atoms with van der Waals surface area (Å²) < 4.78 is 0. The van der Waals surface area contributed by atoms with Gasteiger partial charge in [-0.1, -0.05) is 18.2 Å². The van der Waals surface area contributed by atoms with E-state index in [0.717, 1.165) is 18.5 Å². The Morgan fingerprint density at radius 1 is 1.29 bits per heavy atom. The Labute approximate surface area is 99.4 Å². The lowest BCUT2D eigenvalue weighted by Crippen LogP contribution is -2.52. The van der Waals surface area contributed by atoms with E-state index in [9.17, 15) is 4.79 Å². The van der Waals surface area contributed by atoms with Gasteiger partial charge >= 0.3 is 0 Å². The quantitative estimate of drug-likeness (QED) is 0.713. The summed E-state index contributed by atoms with van der Waals surface area (Å²) in [7, 11) is 0. The maximum Gasteiger partial charge on any atom is 0.234 e. The molecule has 3 rings (SSSR count). The van der Waals surface area contributed by atoms with Crippen LogP contribution in [0.1, 0.15) is 5.56 Å². The largest absolute Gasteiger partial charge is 0.361 e. The molecule has 0 bridgehead atoms. The van der Waals surface area contributed by atoms with Gasteiger partial charge in [-0.05, 0) is 18.1 Å². The van der Waals surface area contributed by atoms with Crippen LogP contribution < -0.4 is 10.6 Å². The molecule has 0 spiro atoms. The van der Waals surface area contributed by atoms with Crippen molar-refractivity contribution in [1.82, 2.24) is 15.6 Å². The van der Waals surface area contributed by atoms with Gasteiger partial charge in [0.1, 0.15) is 0 Å². The lowest BCUT2D eigenvalue weighted by atomic mass is 10.0. The van der Waals surface area contributed by atoms with Crippen LogP contribution in [0.3, 0.4) is 0 Å². The highest BCUT2D eigenvalue weighted by Gasteiger charge is 2.18. The van der Waals surface area contributed by atoms with Crippen molar-refractivity contribution >= 4 is 16.8 Å². The summed E-state index contributed by atoms with van der Waals surface area (Å²) in [4.78, 5) is 14.5. The van der Waals surface area contributed by atoms with Crippen molar-refractivity contribution in [2.75, 3.05) is 13.1 Å². The predicted molar refractivity (Wildman–Crippen MR) is 66.8 cm³/mol. The molecule has 88 valence electrons. The Balaban J connectivity index is 1.82. The van der Waals surface area contributed by atoms with Crippen molar-refractivity contribution in [3.8, 4) is 0 Å². The summed E-state index contributed by atoms with van der Waals surface area (Å²) in [6.45, 7) is 1.27. The molecule has 17 heavy (non-hydrogen) atoms. The number of carbonyl (C=O) groups excluding carboxylic acids is 1. The molecule has 1 fully saturated rings. The molecule has 1 atom stereocenters. The summed E-state index contributed by atoms with van der Waals surface area (Å²) in [5, 5.41) is 7.37. The molecule has 0 saturated carbocycles. The highest BCUT2D eigenvalue weighted by atomic mass is 16.2. The van der Waals surface area contributed by atoms with Crippen molar-refractivity contribution in [3.05, 3.63) is 36.0 Å². The van der Waals surface area contributed by atoms with E-state index in [1.54, 1.807) is 0 Å². The maximum atomic E-state index is 11.3. The Morgan fingerprint density at radius 2 is 2.18 bits per heavy atom. The number of carbonyl (C=O) groups is 1. The monoisotopic (exact) mass is 229 g/mol. The van der Waals surface area contributed by atoms with E-state index in [1.807, 2.05) is 18.3 Å². The van der Waals surface area contributed by atoms with E-state index < -0.39 is 0 Å². The van der Waals surface area contributed by atoms with Gasteiger partial charge in [0.15, 0.2) is 0 Å². The summed E-state index contributed by atoms with van der Waals surface area (Å²) in [6, 6.07) is 8.43. The Bertz CT molecular complexity index is 546. The van der Waals surface area contributed by atoms with Crippen LogP contribution in [0.15, 0.2) is 30.5 Å². The lowest BCUT2D eigenvalue weighted by molar-refractivity contribution is -0.122. The predicted octanol–water partition coefficient (Wildman–Crippen LogP) is 0.798. The molecule has 1 aliphatic rings. The van der Waals surface area contributed by atoms with Gasteiger partial charge < -0.3 is 15.6 Å². The molecule has 3 N–H and O–H groups in total. The van der Waals surface area contributed by atoms with Crippen LogP contribution in [0.5, 0.6) is 0 Å². The fourth-order valence-corrected chi connectivity index (χ4v) is 2.38. The van der Waals surface area contributed by atoms with Gasteiger partial charge in [-0.3, -0.25) is 4.79 Å². The maximum absolute atomic E-state index is 11.3. The number of rotatable bonds is 2. The van der Waals surface area contributed by atoms with Crippen LogP contribution in [0.4, 0.5) is 0 Å². The molecule has 1 aromatic carbocycles. The van der Waals surface area contributed by atoms with Gasteiger partial charge in [-0.15, -0.1) is 0 Å². The summed E-state index contributed by atoms with van der Waals surface area (Å²) in [5.74, 6) is 0.0843. The smallest absolute Gasteiger partial charge is 0.234 e.